The van der Waals surface area contributed by atoms with E-state index in [-0.39, 0.29) is 23.3 Å². The lowest BCUT2D eigenvalue weighted by Crippen LogP contribution is -2.50. The first-order valence-corrected chi connectivity index (χ1v) is 13.0. The number of ether oxygens (including phenoxy) is 1. The Kier molecular flexibility index (Phi) is 10.7. The molecule has 0 N–H and O–H groups in total. The van der Waals surface area contributed by atoms with Crippen LogP contribution in [0.1, 0.15) is 44.4 Å². The highest BCUT2D eigenvalue weighted by Gasteiger charge is 2.36. The molecule has 0 bridgehead atoms. The summed E-state index contributed by atoms with van der Waals surface area (Å²) in [5.41, 5.74) is 2.33. The average Bonchev–Trinajstić information content (AvgIpc) is 2.76. The van der Waals surface area contributed by atoms with Gasteiger partial charge in [-0.15, -0.1) is 0 Å². The summed E-state index contributed by atoms with van der Waals surface area (Å²) in [6, 6.07) is 16.7. The lowest BCUT2D eigenvalue weighted by atomic mass is 9.98. The van der Waals surface area contributed by atoms with Crippen molar-refractivity contribution in [3.8, 4) is 0 Å². The van der Waals surface area contributed by atoms with E-state index in [1.165, 1.54) is 6.92 Å². The van der Waals surface area contributed by atoms with Crippen molar-refractivity contribution in [3.63, 3.8) is 0 Å². The molecule has 2 aromatic carbocycles. The number of benzene rings is 2. The second kappa shape index (κ2) is 13.0. The zero-order chi connectivity index (χ0) is 25.3. The lowest BCUT2D eigenvalue weighted by molar-refractivity contribution is -0.165. The Morgan fingerprint density at radius 2 is 1.62 bits per heavy atom. The van der Waals surface area contributed by atoms with E-state index in [0.717, 1.165) is 28.5 Å². The summed E-state index contributed by atoms with van der Waals surface area (Å²) in [6.45, 7) is 9.14. The van der Waals surface area contributed by atoms with E-state index in [1.807, 2.05) is 61.5 Å². The summed E-state index contributed by atoms with van der Waals surface area (Å²) in [4.78, 5) is 40.4. The maximum Gasteiger partial charge on any atom is 0.330 e. The Bertz CT molecular complexity index is 955. The number of amides is 1. The third-order valence-corrected chi connectivity index (χ3v) is 6.47. The van der Waals surface area contributed by atoms with E-state index >= 15 is 0 Å². The molecule has 0 radical (unpaired) electrons. The standard InChI is InChI=1S/C27H35NO4S2/c1-19-11-13-22(14-12-19)16-28(24(17-33)26(31)32-27(3,4)5)25(30)23(18-34-20(2)29)15-21-9-7-6-8-10-21/h6-14,23-24,33H,15-18H2,1-5H3/t23-,24+/m1/s1. The quantitative estimate of drug-likeness (QED) is 0.362. The summed E-state index contributed by atoms with van der Waals surface area (Å²) in [7, 11) is 0. The van der Waals surface area contributed by atoms with Crippen LogP contribution in [-0.4, -0.2) is 45.0 Å². The Labute approximate surface area is 213 Å². The normalized spacial score (nSPS) is 13.1. The topological polar surface area (TPSA) is 63.7 Å². The number of hydrogen-bond donors (Lipinski definition) is 1. The van der Waals surface area contributed by atoms with E-state index in [0.29, 0.717) is 12.2 Å². The summed E-state index contributed by atoms with van der Waals surface area (Å²) in [5, 5.41) is -0.0474. The van der Waals surface area contributed by atoms with Crippen molar-refractivity contribution < 1.29 is 19.1 Å². The minimum absolute atomic E-state index is 0.0474. The van der Waals surface area contributed by atoms with Crippen LogP contribution in [0.5, 0.6) is 0 Å². The van der Waals surface area contributed by atoms with E-state index in [2.05, 4.69) is 12.6 Å². The summed E-state index contributed by atoms with van der Waals surface area (Å²) >= 11 is 5.55. The van der Waals surface area contributed by atoms with E-state index in [4.69, 9.17) is 4.74 Å². The van der Waals surface area contributed by atoms with Gasteiger partial charge in [0.1, 0.15) is 11.6 Å². The average molecular weight is 502 g/mol. The predicted molar refractivity (Wildman–Crippen MR) is 142 cm³/mol. The first kappa shape index (κ1) is 28.0. The van der Waals surface area contributed by atoms with Crippen LogP contribution in [-0.2, 0) is 32.1 Å². The maximum absolute atomic E-state index is 14.0. The van der Waals surface area contributed by atoms with Crippen molar-refractivity contribution in [2.24, 2.45) is 5.92 Å². The minimum Gasteiger partial charge on any atom is -0.458 e. The highest BCUT2D eigenvalue weighted by Crippen LogP contribution is 2.23. The van der Waals surface area contributed by atoms with Crippen LogP contribution in [0.15, 0.2) is 54.6 Å². The molecular weight excluding hydrogens is 466 g/mol. The molecular formula is C27H35NO4S2. The van der Waals surface area contributed by atoms with Gasteiger partial charge in [0.15, 0.2) is 5.12 Å². The molecule has 0 saturated carbocycles. The second-order valence-electron chi connectivity index (χ2n) is 9.37. The van der Waals surface area contributed by atoms with Crippen molar-refractivity contribution in [2.75, 3.05) is 11.5 Å². The highest BCUT2D eigenvalue weighted by molar-refractivity contribution is 8.13. The summed E-state index contributed by atoms with van der Waals surface area (Å²) in [6.07, 6.45) is 0.470. The van der Waals surface area contributed by atoms with Gasteiger partial charge in [-0.2, -0.15) is 12.6 Å². The highest BCUT2D eigenvalue weighted by atomic mass is 32.2. The second-order valence-corrected chi connectivity index (χ2v) is 10.9. The Hall–Kier alpha value is -2.25. The number of aryl methyl sites for hydroxylation is 1. The monoisotopic (exact) mass is 501 g/mol. The third-order valence-electron chi connectivity index (χ3n) is 5.15. The van der Waals surface area contributed by atoms with Crippen LogP contribution >= 0.6 is 24.4 Å². The first-order chi connectivity index (χ1) is 16.0. The van der Waals surface area contributed by atoms with Crippen molar-refractivity contribution >= 4 is 41.4 Å². The molecule has 0 heterocycles. The molecule has 2 rings (SSSR count). The minimum atomic E-state index is -0.850. The number of esters is 1. The van der Waals surface area contributed by atoms with Crippen LogP contribution in [0.4, 0.5) is 0 Å². The van der Waals surface area contributed by atoms with Gasteiger partial charge in [-0.05, 0) is 45.2 Å². The fourth-order valence-electron chi connectivity index (χ4n) is 3.47. The molecule has 0 fully saturated rings. The third kappa shape index (κ3) is 9.18. The molecule has 2 aromatic rings. The van der Waals surface area contributed by atoms with Crippen LogP contribution in [0.2, 0.25) is 0 Å². The van der Waals surface area contributed by atoms with Crippen LogP contribution in [0.25, 0.3) is 0 Å². The number of thiol groups is 1. The van der Waals surface area contributed by atoms with Crippen LogP contribution in [0.3, 0.4) is 0 Å². The number of thioether (sulfide) groups is 1. The number of rotatable bonds is 10. The SMILES string of the molecule is CC(=O)SC[C@@H](Cc1ccccc1)C(=O)N(Cc1ccc(C)cc1)[C@@H](CS)C(=O)OC(C)(C)C. The predicted octanol–water partition coefficient (Wildman–Crippen LogP) is 5.10. The molecule has 34 heavy (non-hydrogen) atoms. The van der Waals surface area contributed by atoms with Crippen molar-refractivity contribution in [3.05, 3.63) is 71.3 Å². The van der Waals surface area contributed by atoms with Gasteiger partial charge in [0.25, 0.3) is 0 Å². The van der Waals surface area contributed by atoms with E-state index in [9.17, 15) is 14.4 Å². The largest absolute Gasteiger partial charge is 0.458 e. The van der Waals surface area contributed by atoms with Crippen LogP contribution in [0, 0.1) is 12.8 Å². The van der Waals surface area contributed by atoms with Gasteiger partial charge in [0, 0.05) is 25.0 Å². The molecule has 0 aromatic heterocycles. The Balaban J connectivity index is 2.42. The van der Waals surface area contributed by atoms with Gasteiger partial charge in [-0.1, -0.05) is 71.9 Å². The molecule has 184 valence electrons. The molecule has 1 amide bonds. The van der Waals surface area contributed by atoms with Gasteiger partial charge < -0.3 is 9.64 Å². The molecule has 7 heteroatoms. The van der Waals surface area contributed by atoms with Gasteiger partial charge in [0.05, 0.1) is 5.92 Å². The zero-order valence-electron chi connectivity index (χ0n) is 20.6. The number of carbonyl (C=O) groups is 3. The van der Waals surface area contributed by atoms with Crippen molar-refractivity contribution in [2.45, 2.75) is 59.2 Å². The first-order valence-electron chi connectivity index (χ1n) is 11.4. The zero-order valence-corrected chi connectivity index (χ0v) is 22.3. The Morgan fingerprint density at radius 3 is 2.15 bits per heavy atom. The summed E-state index contributed by atoms with van der Waals surface area (Å²) in [5.74, 6) is -0.693. The lowest BCUT2D eigenvalue weighted by Gasteiger charge is -2.34. The van der Waals surface area contributed by atoms with Crippen molar-refractivity contribution in [1.82, 2.24) is 4.90 Å². The molecule has 2 atom stereocenters. The van der Waals surface area contributed by atoms with Crippen molar-refractivity contribution in [1.29, 1.82) is 0 Å². The summed E-state index contributed by atoms with van der Waals surface area (Å²) < 4.78 is 5.63. The molecule has 0 aliphatic rings. The van der Waals surface area contributed by atoms with Gasteiger partial charge in [-0.25, -0.2) is 4.79 Å². The Morgan fingerprint density at radius 1 is 1.00 bits per heavy atom. The number of nitrogens with zero attached hydrogens (tertiary/aromatic N) is 1. The number of hydrogen-bond acceptors (Lipinski definition) is 6. The van der Waals surface area contributed by atoms with Gasteiger partial charge in [-0.3, -0.25) is 9.59 Å². The van der Waals surface area contributed by atoms with Gasteiger partial charge in [0.2, 0.25) is 5.91 Å². The molecule has 0 aliphatic carbocycles. The molecule has 0 saturated heterocycles. The van der Waals surface area contributed by atoms with Gasteiger partial charge >= 0.3 is 5.97 Å². The number of carbonyl (C=O) groups excluding carboxylic acids is 3. The maximum atomic E-state index is 14.0. The van der Waals surface area contributed by atoms with E-state index in [1.54, 1.807) is 25.7 Å². The fraction of sp³-hybridized carbons (Fsp3) is 0.444. The van der Waals surface area contributed by atoms with E-state index < -0.39 is 23.5 Å². The molecule has 5 nitrogen and oxygen atoms in total. The van der Waals surface area contributed by atoms with Crippen LogP contribution < -0.4 is 0 Å². The molecule has 0 spiro atoms. The molecule has 0 unspecified atom stereocenters. The smallest absolute Gasteiger partial charge is 0.330 e. The molecule has 0 aliphatic heterocycles. The fourth-order valence-corrected chi connectivity index (χ4v) is 4.51.